The molecule has 1 saturated heterocycles. The molecule has 3 atom stereocenters. The monoisotopic (exact) mass is 384 g/mol. The lowest BCUT2D eigenvalue weighted by Crippen LogP contribution is -2.40. The van der Waals surface area contributed by atoms with Gasteiger partial charge in [0.1, 0.15) is 12.2 Å². The van der Waals surface area contributed by atoms with Crippen LogP contribution in [-0.4, -0.2) is 41.8 Å². The van der Waals surface area contributed by atoms with E-state index in [0.29, 0.717) is 0 Å². The Labute approximate surface area is 118 Å². The highest BCUT2D eigenvalue weighted by Crippen LogP contribution is 2.48. The SMILES string of the molecule is O=c1ccn([C@@H]2O[C@H](CO)[C@H](O)C2(Br)Br)c(=O)[nH]1. The largest absolute Gasteiger partial charge is 0.394 e. The van der Waals surface area contributed by atoms with E-state index >= 15 is 0 Å². The molecule has 1 aliphatic heterocycles. The zero-order valence-electron chi connectivity index (χ0n) is 8.92. The van der Waals surface area contributed by atoms with Gasteiger partial charge in [0.15, 0.2) is 9.46 Å². The summed E-state index contributed by atoms with van der Waals surface area (Å²) in [6.45, 7) is -0.394. The summed E-state index contributed by atoms with van der Waals surface area (Å²) in [4.78, 5) is 24.7. The van der Waals surface area contributed by atoms with Gasteiger partial charge in [-0.1, -0.05) is 31.9 Å². The van der Waals surface area contributed by atoms with E-state index in [4.69, 9.17) is 9.84 Å². The van der Waals surface area contributed by atoms with Gasteiger partial charge < -0.3 is 14.9 Å². The number of alkyl halides is 2. The molecule has 9 heteroatoms. The van der Waals surface area contributed by atoms with Crippen molar-refractivity contribution < 1.29 is 14.9 Å². The van der Waals surface area contributed by atoms with Crippen LogP contribution in [0.3, 0.4) is 0 Å². The average Bonchev–Trinajstić information content (AvgIpc) is 2.52. The van der Waals surface area contributed by atoms with Gasteiger partial charge in [0.05, 0.1) is 6.61 Å². The molecule has 0 amide bonds. The summed E-state index contributed by atoms with van der Waals surface area (Å²) < 4.78 is 5.38. The van der Waals surface area contributed by atoms with E-state index in [9.17, 15) is 14.7 Å². The number of aromatic amines is 1. The molecule has 0 bridgehead atoms. The predicted octanol–water partition coefficient (Wildman–Crippen LogP) is -0.727. The minimum atomic E-state index is -1.13. The van der Waals surface area contributed by atoms with Crippen LogP contribution >= 0.6 is 31.9 Å². The van der Waals surface area contributed by atoms with Gasteiger partial charge in [-0.05, 0) is 0 Å². The van der Waals surface area contributed by atoms with Gasteiger partial charge in [-0.15, -0.1) is 0 Å². The van der Waals surface area contributed by atoms with Crippen molar-refractivity contribution in [2.24, 2.45) is 0 Å². The van der Waals surface area contributed by atoms with Crippen molar-refractivity contribution >= 4 is 31.9 Å². The fourth-order valence-corrected chi connectivity index (χ4v) is 2.98. The fourth-order valence-electron chi connectivity index (χ4n) is 1.73. The molecular formula is C9H10Br2N2O5. The average molecular weight is 386 g/mol. The quantitative estimate of drug-likeness (QED) is 0.582. The second-order valence-corrected chi connectivity index (χ2v) is 7.53. The lowest BCUT2D eigenvalue weighted by molar-refractivity contribution is -0.0459. The van der Waals surface area contributed by atoms with Crippen LogP contribution in [0.15, 0.2) is 21.9 Å². The number of aliphatic hydroxyl groups is 2. The molecule has 2 heterocycles. The molecule has 1 aliphatic rings. The Morgan fingerprint density at radius 3 is 2.67 bits per heavy atom. The third kappa shape index (κ3) is 2.21. The summed E-state index contributed by atoms with van der Waals surface area (Å²) in [5, 5.41) is 19.0. The summed E-state index contributed by atoms with van der Waals surface area (Å²) in [6.07, 6.45) is -1.55. The zero-order chi connectivity index (χ0) is 13.5. The van der Waals surface area contributed by atoms with E-state index in [2.05, 4.69) is 36.8 Å². The van der Waals surface area contributed by atoms with Crippen LogP contribution in [0.5, 0.6) is 0 Å². The lowest BCUT2D eigenvalue weighted by Gasteiger charge is -2.24. The molecule has 7 nitrogen and oxygen atoms in total. The number of nitrogens with one attached hydrogen (secondary N) is 1. The van der Waals surface area contributed by atoms with E-state index in [1.165, 1.54) is 12.3 Å². The van der Waals surface area contributed by atoms with Gasteiger partial charge in [-0.2, -0.15) is 0 Å². The number of halogens is 2. The van der Waals surface area contributed by atoms with Crippen LogP contribution in [0.2, 0.25) is 0 Å². The summed E-state index contributed by atoms with van der Waals surface area (Å²) in [6, 6.07) is 1.17. The van der Waals surface area contributed by atoms with E-state index in [1.807, 2.05) is 0 Å². The van der Waals surface area contributed by atoms with Crippen molar-refractivity contribution in [1.82, 2.24) is 9.55 Å². The number of rotatable bonds is 2. The predicted molar refractivity (Wildman–Crippen MR) is 68.9 cm³/mol. The normalized spacial score (nSPS) is 30.6. The van der Waals surface area contributed by atoms with E-state index < -0.39 is 39.5 Å². The Kier molecular flexibility index (Phi) is 3.79. The number of nitrogens with zero attached hydrogens (tertiary/aromatic N) is 1. The van der Waals surface area contributed by atoms with Crippen LogP contribution in [-0.2, 0) is 4.74 Å². The third-order valence-corrected chi connectivity index (χ3v) is 4.38. The van der Waals surface area contributed by atoms with E-state index in [0.717, 1.165) is 4.57 Å². The molecule has 0 unspecified atom stereocenters. The van der Waals surface area contributed by atoms with Crippen molar-refractivity contribution in [1.29, 1.82) is 0 Å². The number of hydrogen-bond donors (Lipinski definition) is 3. The number of aromatic nitrogens is 2. The summed E-state index contributed by atoms with van der Waals surface area (Å²) in [7, 11) is 0. The Morgan fingerprint density at radius 1 is 1.50 bits per heavy atom. The molecule has 100 valence electrons. The van der Waals surface area contributed by atoms with Crippen molar-refractivity contribution in [2.75, 3.05) is 6.61 Å². The first-order valence-corrected chi connectivity index (χ1v) is 6.60. The Hall–Kier alpha value is -0.480. The van der Waals surface area contributed by atoms with E-state index in [-0.39, 0.29) is 0 Å². The van der Waals surface area contributed by atoms with Gasteiger partial charge in [0.25, 0.3) is 5.56 Å². The molecule has 1 aromatic heterocycles. The van der Waals surface area contributed by atoms with Gasteiger partial charge in [-0.25, -0.2) is 4.79 Å². The first kappa shape index (κ1) is 13.9. The van der Waals surface area contributed by atoms with Crippen LogP contribution in [0, 0.1) is 0 Å². The van der Waals surface area contributed by atoms with Crippen molar-refractivity contribution in [2.45, 2.75) is 21.7 Å². The molecule has 3 N–H and O–H groups in total. The second kappa shape index (κ2) is 4.89. The number of hydrogen-bond acceptors (Lipinski definition) is 5. The molecule has 0 spiro atoms. The smallest absolute Gasteiger partial charge is 0.330 e. The Balaban J connectivity index is 2.45. The number of H-pyrrole nitrogens is 1. The van der Waals surface area contributed by atoms with Crippen molar-refractivity contribution in [3.8, 4) is 0 Å². The third-order valence-electron chi connectivity index (χ3n) is 2.66. The molecule has 0 aromatic carbocycles. The molecule has 1 fully saturated rings. The van der Waals surface area contributed by atoms with Gasteiger partial charge in [0.2, 0.25) is 0 Å². The molecular weight excluding hydrogens is 376 g/mol. The molecule has 18 heavy (non-hydrogen) atoms. The summed E-state index contributed by atoms with van der Waals surface area (Å²) in [5.41, 5.74) is -1.19. The van der Waals surface area contributed by atoms with Crippen LogP contribution < -0.4 is 11.2 Å². The zero-order valence-corrected chi connectivity index (χ0v) is 12.1. The van der Waals surface area contributed by atoms with Gasteiger partial charge >= 0.3 is 5.69 Å². The van der Waals surface area contributed by atoms with E-state index in [1.54, 1.807) is 0 Å². The minimum absolute atomic E-state index is 0.394. The maximum atomic E-state index is 11.7. The molecule has 1 aromatic rings. The summed E-state index contributed by atoms with van der Waals surface area (Å²) in [5.74, 6) is 0. The first-order chi connectivity index (χ1) is 8.37. The highest BCUT2D eigenvalue weighted by atomic mass is 79.9. The van der Waals surface area contributed by atoms with Crippen LogP contribution in [0.25, 0.3) is 0 Å². The van der Waals surface area contributed by atoms with Gasteiger partial charge in [0, 0.05) is 12.3 Å². The maximum absolute atomic E-state index is 11.7. The standard InChI is InChI=1S/C9H10Br2N2O5/c10-9(11)6(16)4(3-14)18-7(9)13-2-1-5(15)12-8(13)17/h1-2,4,6-7,14,16H,3H2,(H,12,15,17)/t4-,6+,7-/m1/s1. The Bertz CT molecular complexity index is 554. The summed E-state index contributed by atoms with van der Waals surface area (Å²) >= 11 is 6.45. The highest BCUT2D eigenvalue weighted by Gasteiger charge is 2.54. The van der Waals surface area contributed by atoms with Gasteiger partial charge in [-0.3, -0.25) is 14.3 Å². The Morgan fingerprint density at radius 2 is 2.17 bits per heavy atom. The number of aliphatic hydroxyl groups excluding tert-OH is 2. The van der Waals surface area contributed by atoms with Crippen molar-refractivity contribution in [3.05, 3.63) is 33.1 Å². The second-order valence-electron chi connectivity index (χ2n) is 3.85. The topological polar surface area (TPSA) is 105 Å². The number of ether oxygens (including phenoxy) is 1. The van der Waals surface area contributed by atoms with Crippen molar-refractivity contribution in [3.63, 3.8) is 0 Å². The lowest BCUT2D eigenvalue weighted by atomic mass is 10.2. The molecule has 0 saturated carbocycles. The maximum Gasteiger partial charge on any atom is 0.330 e. The molecule has 0 radical (unpaired) electrons. The molecule has 0 aliphatic carbocycles. The van der Waals surface area contributed by atoms with Crippen LogP contribution in [0.4, 0.5) is 0 Å². The van der Waals surface area contributed by atoms with Crippen LogP contribution in [0.1, 0.15) is 6.23 Å². The fraction of sp³-hybridized carbons (Fsp3) is 0.556. The minimum Gasteiger partial charge on any atom is -0.394 e. The highest BCUT2D eigenvalue weighted by molar-refractivity contribution is 9.25. The first-order valence-electron chi connectivity index (χ1n) is 5.01. The molecule has 2 rings (SSSR count).